The minimum atomic E-state index is -5.85. The fourth-order valence-corrected chi connectivity index (χ4v) is 5.28. The number of rotatable bonds is 5. The fourth-order valence-electron chi connectivity index (χ4n) is 5.28. The molecule has 4 saturated carbocycles. The Labute approximate surface area is 140 Å². The summed E-state index contributed by atoms with van der Waals surface area (Å²) in [6.45, 7) is -0.940. The Balaban J connectivity index is 1.70. The third kappa shape index (κ3) is 2.92. The van der Waals surface area contributed by atoms with Crippen LogP contribution >= 0.6 is 0 Å². The first-order chi connectivity index (χ1) is 11.2. The summed E-state index contributed by atoms with van der Waals surface area (Å²) in [6, 6.07) is 0. The summed E-state index contributed by atoms with van der Waals surface area (Å²) in [7, 11) is 0. The zero-order valence-corrected chi connectivity index (χ0v) is 13.6. The van der Waals surface area contributed by atoms with Gasteiger partial charge in [0.05, 0.1) is 12.2 Å². The molecule has 0 aromatic carbocycles. The molecule has 0 radical (unpaired) electrons. The molecule has 0 heterocycles. The van der Waals surface area contributed by atoms with Crippen molar-refractivity contribution in [2.45, 2.75) is 68.8 Å². The molecule has 0 aliphatic heterocycles. The average molecular weight is 374 g/mol. The zero-order chi connectivity index (χ0) is 18.9. The Morgan fingerprint density at radius 1 is 1.08 bits per heavy atom. The predicted molar refractivity (Wildman–Crippen MR) is 73.5 cm³/mol. The van der Waals surface area contributed by atoms with Crippen LogP contribution in [0.5, 0.6) is 0 Å². The maximum absolute atomic E-state index is 13.6. The van der Waals surface area contributed by atoms with Crippen molar-refractivity contribution in [1.29, 1.82) is 0 Å². The van der Waals surface area contributed by atoms with E-state index in [4.69, 9.17) is 0 Å². The van der Waals surface area contributed by atoms with E-state index in [9.17, 15) is 36.2 Å². The van der Waals surface area contributed by atoms with Crippen molar-refractivity contribution in [2.24, 2.45) is 17.3 Å². The lowest BCUT2D eigenvalue weighted by Crippen LogP contribution is -2.59. The Morgan fingerprint density at radius 3 is 2.04 bits per heavy atom. The number of carbonyl (C=O) groups is 1. The van der Waals surface area contributed by atoms with Gasteiger partial charge in [0, 0.05) is 12.3 Å². The van der Waals surface area contributed by atoms with Crippen LogP contribution in [0.15, 0.2) is 0 Å². The SMILES string of the molecule is CC(F)(F)C(F)(F)C(F)(F)C(=O)OCC12CC3CC(CC(O)(C3)C1)C2. The van der Waals surface area contributed by atoms with E-state index in [0.717, 1.165) is 6.42 Å². The third-order valence-corrected chi connectivity index (χ3v) is 5.86. The maximum Gasteiger partial charge on any atom is 0.410 e. The van der Waals surface area contributed by atoms with Gasteiger partial charge in [-0.15, -0.1) is 0 Å². The lowest BCUT2D eigenvalue weighted by Gasteiger charge is -2.59. The van der Waals surface area contributed by atoms with Crippen LogP contribution in [0.2, 0.25) is 0 Å². The van der Waals surface area contributed by atoms with Crippen LogP contribution in [0.3, 0.4) is 0 Å². The molecule has 0 amide bonds. The molecule has 25 heavy (non-hydrogen) atoms. The van der Waals surface area contributed by atoms with Gasteiger partial charge in [-0.05, 0) is 50.4 Å². The van der Waals surface area contributed by atoms with Crippen LogP contribution in [-0.4, -0.2) is 41.1 Å². The standard InChI is InChI=1S/C16H20F6O3/c1-12(17,18)16(21,22)15(19,20)11(23)25-8-13-3-9-2-10(4-13)6-14(24,5-9)7-13/h9-10,24H,2-8H2,1H3. The molecule has 0 saturated heterocycles. The molecule has 0 aromatic rings. The Kier molecular flexibility index (Phi) is 3.96. The summed E-state index contributed by atoms with van der Waals surface area (Å²) in [5.41, 5.74) is -1.69. The van der Waals surface area contributed by atoms with Gasteiger partial charge in [-0.2, -0.15) is 26.3 Å². The van der Waals surface area contributed by atoms with Crippen LogP contribution in [0.1, 0.15) is 45.4 Å². The van der Waals surface area contributed by atoms with E-state index in [2.05, 4.69) is 4.74 Å². The summed E-state index contributed by atoms with van der Waals surface area (Å²) in [5, 5.41) is 10.5. The van der Waals surface area contributed by atoms with Crippen molar-refractivity contribution in [1.82, 2.24) is 0 Å². The van der Waals surface area contributed by atoms with Crippen molar-refractivity contribution >= 4 is 5.97 Å². The van der Waals surface area contributed by atoms with Crippen LogP contribution in [0.4, 0.5) is 26.3 Å². The number of aliphatic hydroxyl groups is 1. The minimum Gasteiger partial charge on any atom is -0.460 e. The largest absolute Gasteiger partial charge is 0.460 e. The number of hydrogen-bond acceptors (Lipinski definition) is 3. The van der Waals surface area contributed by atoms with E-state index >= 15 is 0 Å². The van der Waals surface area contributed by atoms with Crippen LogP contribution < -0.4 is 0 Å². The number of alkyl halides is 6. The molecule has 2 unspecified atom stereocenters. The molecule has 0 aromatic heterocycles. The van der Waals surface area contributed by atoms with Gasteiger partial charge in [0.2, 0.25) is 0 Å². The second kappa shape index (κ2) is 5.27. The number of ether oxygens (including phenoxy) is 1. The second-order valence-electron chi connectivity index (χ2n) is 8.30. The number of esters is 1. The van der Waals surface area contributed by atoms with Gasteiger partial charge >= 0.3 is 23.7 Å². The highest BCUT2D eigenvalue weighted by atomic mass is 19.3. The highest BCUT2D eigenvalue weighted by Crippen LogP contribution is 2.61. The molecule has 4 rings (SSSR count). The number of halogens is 6. The third-order valence-electron chi connectivity index (χ3n) is 5.86. The summed E-state index contributed by atoms with van der Waals surface area (Å²) in [4.78, 5) is 11.5. The topological polar surface area (TPSA) is 46.5 Å². The first-order valence-corrected chi connectivity index (χ1v) is 8.23. The van der Waals surface area contributed by atoms with Gasteiger partial charge in [-0.1, -0.05) is 0 Å². The molecule has 4 aliphatic carbocycles. The monoisotopic (exact) mass is 374 g/mol. The van der Waals surface area contributed by atoms with E-state index in [0.29, 0.717) is 25.7 Å². The fraction of sp³-hybridized carbons (Fsp3) is 0.938. The molecule has 4 aliphatic rings. The summed E-state index contributed by atoms with van der Waals surface area (Å²) >= 11 is 0. The summed E-state index contributed by atoms with van der Waals surface area (Å²) < 4.78 is 83.7. The van der Waals surface area contributed by atoms with Crippen molar-refractivity contribution < 1.29 is 41.0 Å². The Hall–Kier alpha value is -0.990. The molecular weight excluding hydrogens is 354 g/mol. The van der Waals surface area contributed by atoms with Gasteiger partial charge in [0.1, 0.15) is 0 Å². The summed E-state index contributed by atoms with van der Waals surface area (Å²) in [5.74, 6) is -18.9. The van der Waals surface area contributed by atoms with Gasteiger partial charge in [0.25, 0.3) is 0 Å². The molecule has 9 heteroatoms. The van der Waals surface area contributed by atoms with Crippen LogP contribution in [0, 0.1) is 17.3 Å². The maximum atomic E-state index is 13.6. The molecular formula is C16H20F6O3. The molecule has 4 bridgehead atoms. The van der Waals surface area contributed by atoms with E-state index in [-0.39, 0.29) is 25.2 Å². The lowest BCUT2D eigenvalue weighted by atomic mass is 9.48. The van der Waals surface area contributed by atoms with Crippen LogP contribution in [0.25, 0.3) is 0 Å². The van der Waals surface area contributed by atoms with E-state index < -0.39 is 41.4 Å². The lowest BCUT2D eigenvalue weighted by molar-refractivity contribution is -0.300. The smallest absolute Gasteiger partial charge is 0.410 e. The highest BCUT2D eigenvalue weighted by molar-refractivity contribution is 5.79. The predicted octanol–water partition coefficient (Wildman–Crippen LogP) is 3.79. The first-order valence-electron chi connectivity index (χ1n) is 8.23. The van der Waals surface area contributed by atoms with Crippen molar-refractivity contribution in [3.63, 3.8) is 0 Å². The minimum absolute atomic E-state index is 0.173. The van der Waals surface area contributed by atoms with Crippen LogP contribution in [-0.2, 0) is 9.53 Å². The highest BCUT2D eigenvalue weighted by Gasteiger charge is 2.74. The molecule has 144 valence electrons. The normalized spacial score (nSPS) is 38.1. The summed E-state index contributed by atoms with van der Waals surface area (Å²) in [6.07, 6.45) is 3.42. The van der Waals surface area contributed by atoms with E-state index in [1.54, 1.807) is 0 Å². The Morgan fingerprint density at radius 2 is 1.60 bits per heavy atom. The van der Waals surface area contributed by atoms with E-state index in [1.807, 2.05) is 0 Å². The molecule has 3 nitrogen and oxygen atoms in total. The van der Waals surface area contributed by atoms with Gasteiger partial charge in [-0.25, -0.2) is 4.79 Å². The van der Waals surface area contributed by atoms with Crippen molar-refractivity contribution in [3.8, 4) is 0 Å². The number of carbonyl (C=O) groups excluding carboxylic acids is 1. The van der Waals surface area contributed by atoms with Gasteiger partial charge in [0.15, 0.2) is 0 Å². The molecule has 2 atom stereocenters. The van der Waals surface area contributed by atoms with Crippen molar-refractivity contribution in [3.05, 3.63) is 0 Å². The second-order valence-corrected chi connectivity index (χ2v) is 8.30. The number of hydrogen-bond donors (Lipinski definition) is 1. The Bertz CT molecular complexity index is 557. The molecule has 1 N–H and O–H groups in total. The van der Waals surface area contributed by atoms with Crippen molar-refractivity contribution in [2.75, 3.05) is 6.61 Å². The first kappa shape index (κ1) is 18.8. The zero-order valence-electron chi connectivity index (χ0n) is 13.6. The van der Waals surface area contributed by atoms with Gasteiger partial charge < -0.3 is 9.84 Å². The molecule has 0 spiro atoms. The molecule has 4 fully saturated rings. The van der Waals surface area contributed by atoms with Gasteiger partial charge in [-0.3, -0.25) is 0 Å². The average Bonchev–Trinajstić information content (AvgIpc) is 2.40. The quantitative estimate of drug-likeness (QED) is 0.588. The van der Waals surface area contributed by atoms with E-state index in [1.165, 1.54) is 0 Å².